The summed E-state index contributed by atoms with van der Waals surface area (Å²) in [6, 6.07) is 11.7. The van der Waals surface area contributed by atoms with Gasteiger partial charge in [0.2, 0.25) is 0 Å². The second-order valence-corrected chi connectivity index (χ2v) is 5.85. The lowest BCUT2D eigenvalue weighted by molar-refractivity contribution is 0.434. The molecule has 5 heteroatoms. The molecule has 0 saturated heterocycles. The van der Waals surface area contributed by atoms with Crippen molar-refractivity contribution in [1.29, 1.82) is 0 Å². The highest BCUT2D eigenvalue weighted by Gasteiger charge is 2.21. The molecule has 3 nitrogen and oxygen atoms in total. The Kier molecular flexibility index (Phi) is 3.94. The maximum atomic E-state index is 5.90. The maximum absolute atomic E-state index is 5.90. The molecule has 2 heterocycles. The molecule has 0 radical (unpaired) electrons. The van der Waals surface area contributed by atoms with Crippen molar-refractivity contribution < 1.29 is 0 Å². The van der Waals surface area contributed by atoms with Gasteiger partial charge in [0.05, 0.1) is 5.69 Å². The molecule has 0 spiro atoms. The largest absolute Gasteiger partial charge is 0.347 e. The fourth-order valence-electron chi connectivity index (χ4n) is 2.03. The summed E-state index contributed by atoms with van der Waals surface area (Å²) >= 11 is 7.52. The van der Waals surface area contributed by atoms with Gasteiger partial charge in [0, 0.05) is 29.9 Å². The standard InChI is InChI=1S/C15H14ClN3S/c1-2-19-10-11-4-3-9-17-14(11)20-15(19)18-13-7-5-12(16)6-8-13/h3-9H,2,10H2,1H3. The SMILES string of the molecule is CCN1Cc2cccnc2SC1=Nc1ccc(Cl)cc1. The van der Waals surface area contributed by atoms with Crippen LogP contribution in [0, 0.1) is 0 Å². The van der Waals surface area contributed by atoms with E-state index in [-0.39, 0.29) is 0 Å². The fourth-order valence-corrected chi connectivity index (χ4v) is 3.18. The number of fused-ring (bicyclic) bond motifs is 1. The minimum Gasteiger partial charge on any atom is -0.347 e. The van der Waals surface area contributed by atoms with E-state index >= 15 is 0 Å². The summed E-state index contributed by atoms with van der Waals surface area (Å²) < 4.78 is 0. The number of pyridine rings is 1. The molecule has 0 aliphatic carbocycles. The van der Waals surface area contributed by atoms with Gasteiger partial charge in [-0.3, -0.25) is 0 Å². The molecule has 102 valence electrons. The van der Waals surface area contributed by atoms with Gasteiger partial charge in [-0.05, 0) is 49.0 Å². The van der Waals surface area contributed by atoms with E-state index in [2.05, 4.69) is 22.9 Å². The van der Waals surface area contributed by atoms with E-state index in [9.17, 15) is 0 Å². The first kappa shape index (κ1) is 13.5. The molecular formula is C15H14ClN3S. The molecule has 0 bridgehead atoms. The van der Waals surface area contributed by atoms with Crippen molar-refractivity contribution in [3.63, 3.8) is 0 Å². The number of benzene rings is 1. The normalized spacial score (nSPS) is 16.3. The van der Waals surface area contributed by atoms with Gasteiger partial charge in [0.15, 0.2) is 5.17 Å². The van der Waals surface area contributed by atoms with Gasteiger partial charge in [-0.15, -0.1) is 0 Å². The van der Waals surface area contributed by atoms with Crippen molar-refractivity contribution in [3.8, 4) is 0 Å². The summed E-state index contributed by atoms with van der Waals surface area (Å²) in [6.07, 6.45) is 1.83. The summed E-state index contributed by atoms with van der Waals surface area (Å²) in [5, 5.41) is 2.76. The number of aliphatic imine (C=N–C) groups is 1. The summed E-state index contributed by atoms with van der Waals surface area (Å²) in [5.41, 5.74) is 2.17. The molecule has 20 heavy (non-hydrogen) atoms. The van der Waals surface area contributed by atoms with E-state index in [1.807, 2.05) is 36.5 Å². The molecule has 2 aromatic rings. The zero-order valence-electron chi connectivity index (χ0n) is 11.1. The monoisotopic (exact) mass is 303 g/mol. The predicted octanol–water partition coefficient (Wildman–Crippen LogP) is 4.35. The van der Waals surface area contributed by atoms with E-state index in [1.54, 1.807) is 11.8 Å². The molecule has 0 atom stereocenters. The Hall–Kier alpha value is -1.52. The van der Waals surface area contributed by atoms with Gasteiger partial charge in [-0.2, -0.15) is 0 Å². The molecule has 0 unspecified atom stereocenters. The predicted molar refractivity (Wildman–Crippen MR) is 84.7 cm³/mol. The summed E-state index contributed by atoms with van der Waals surface area (Å²) in [7, 11) is 0. The Labute approximate surface area is 127 Å². The lowest BCUT2D eigenvalue weighted by Gasteiger charge is -2.29. The number of thioether (sulfide) groups is 1. The average Bonchev–Trinajstić information content (AvgIpc) is 2.49. The summed E-state index contributed by atoms with van der Waals surface area (Å²) in [6.45, 7) is 3.92. The van der Waals surface area contributed by atoms with Crippen LogP contribution in [0.1, 0.15) is 12.5 Å². The van der Waals surface area contributed by atoms with E-state index in [4.69, 9.17) is 16.6 Å². The van der Waals surface area contributed by atoms with Crippen LogP contribution >= 0.6 is 23.4 Å². The number of aromatic nitrogens is 1. The third kappa shape index (κ3) is 2.81. The Morgan fingerprint density at radius 1 is 1.30 bits per heavy atom. The highest BCUT2D eigenvalue weighted by Crippen LogP contribution is 2.32. The quantitative estimate of drug-likeness (QED) is 0.825. The molecule has 1 aliphatic heterocycles. The Morgan fingerprint density at radius 2 is 2.10 bits per heavy atom. The summed E-state index contributed by atoms with van der Waals surface area (Å²) in [5.74, 6) is 0. The first-order valence-corrected chi connectivity index (χ1v) is 7.66. The minimum atomic E-state index is 0.726. The number of nitrogens with zero attached hydrogens (tertiary/aromatic N) is 3. The van der Waals surface area contributed by atoms with Crippen molar-refractivity contribution >= 4 is 34.2 Å². The van der Waals surface area contributed by atoms with Gasteiger partial charge in [0.1, 0.15) is 5.03 Å². The summed E-state index contributed by atoms with van der Waals surface area (Å²) in [4.78, 5) is 11.4. The van der Waals surface area contributed by atoms with Crippen LogP contribution in [-0.2, 0) is 6.54 Å². The Bertz CT molecular complexity index is 640. The highest BCUT2D eigenvalue weighted by atomic mass is 35.5. The van der Waals surface area contributed by atoms with Crippen molar-refractivity contribution in [2.75, 3.05) is 6.54 Å². The molecule has 1 aliphatic rings. The topological polar surface area (TPSA) is 28.5 Å². The second-order valence-electron chi connectivity index (χ2n) is 4.45. The minimum absolute atomic E-state index is 0.726. The Morgan fingerprint density at radius 3 is 2.85 bits per heavy atom. The number of hydrogen-bond donors (Lipinski definition) is 0. The van der Waals surface area contributed by atoms with Crippen LogP contribution in [0.25, 0.3) is 0 Å². The molecule has 0 amide bonds. The third-order valence-electron chi connectivity index (χ3n) is 3.10. The zero-order chi connectivity index (χ0) is 13.9. The van der Waals surface area contributed by atoms with Gasteiger partial charge < -0.3 is 4.90 Å². The fraction of sp³-hybridized carbons (Fsp3) is 0.200. The first-order valence-electron chi connectivity index (χ1n) is 6.47. The van der Waals surface area contributed by atoms with E-state index in [1.165, 1.54) is 5.56 Å². The molecule has 1 aromatic carbocycles. The van der Waals surface area contributed by atoms with Gasteiger partial charge in [-0.1, -0.05) is 17.7 Å². The van der Waals surface area contributed by atoms with Crippen LogP contribution in [0.5, 0.6) is 0 Å². The number of rotatable bonds is 2. The van der Waals surface area contributed by atoms with Crippen LogP contribution in [-0.4, -0.2) is 21.6 Å². The van der Waals surface area contributed by atoms with Crippen LogP contribution < -0.4 is 0 Å². The van der Waals surface area contributed by atoms with E-state index in [0.29, 0.717) is 0 Å². The second kappa shape index (κ2) is 5.85. The van der Waals surface area contributed by atoms with Crippen LogP contribution in [0.15, 0.2) is 52.6 Å². The molecule has 0 N–H and O–H groups in total. The van der Waals surface area contributed by atoms with Crippen molar-refractivity contribution in [2.45, 2.75) is 18.5 Å². The molecule has 0 fully saturated rings. The lowest BCUT2D eigenvalue weighted by atomic mass is 10.2. The first-order chi connectivity index (χ1) is 9.76. The van der Waals surface area contributed by atoms with Crippen LogP contribution in [0.2, 0.25) is 5.02 Å². The smallest absolute Gasteiger partial charge is 0.171 e. The number of hydrogen-bond acceptors (Lipinski definition) is 3. The van der Waals surface area contributed by atoms with Crippen LogP contribution in [0.4, 0.5) is 5.69 Å². The van der Waals surface area contributed by atoms with E-state index in [0.717, 1.165) is 34.0 Å². The molecule has 3 rings (SSSR count). The highest BCUT2D eigenvalue weighted by molar-refractivity contribution is 8.13. The van der Waals surface area contributed by atoms with Crippen LogP contribution in [0.3, 0.4) is 0 Å². The maximum Gasteiger partial charge on any atom is 0.171 e. The lowest BCUT2D eigenvalue weighted by Crippen LogP contribution is -2.31. The number of amidine groups is 1. The molecule has 0 saturated carbocycles. The number of halogens is 1. The van der Waals surface area contributed by atoms with Gasteiger partial charge >= 0.3 is 0 Å². The van der Waals surface area contributed by atoms with E-state index < -0.39 is 0 Å². The van der Waals surface area contributed by atoms with Gasteiger partial charge in [0.25, 0.3) is 0 Å². The molecular weight excluding hydrogens is 290 g/mol. The van der Waals surface area contributed by atoms with Crippen molar-refractivity contribution in [1.82, 2.24) is 9.88 Å². The van der Waals surface area contributed by atoms with Crippen molar-refractivity contribution in [2.24, 2.45) is 4.99 Å². The zero-order valence-corrected chi connectivity index (χ0v) is 12.7. The van der Waals surface area contributed by atoms with Gasteiger partial charge in [-0.25, -0.2) is 9.98 Å². The Balaban J connectivity index is 1.94. The average molecular weight is 304 g/mol. The third-order valence-corrected chi connectivity index (χ3v) is 4.45. The van der Waals surface area contributed by atoms with Crippen molar-refractivity contribution in [3.05, 3.63) is 53.2 Å². The molecule has 1 aromatic heterocycles.